The van der Waals surface area contributed by atoms with Gasteiger partial charge >= 0.3 is 11.7 Å². The van der Waals surface area contributed by atoms with Crippen LogP contribution in [0.5, 0.6) is 0 Å². The first-order chi connectivity index (χ1) is 12.7. The van der Waals surface area contributed by atoms with Crippen molar-refractivity contribution in [2.24, 2.45) is 20.0 Å². The maximum atomic E-state index is 12.2. The Hall–Kier alpha value is -2.91. The van der Waals surface area contributed by atoms with Crippen LogP contribution in [0.4, 0.5) is 5.82 Å². The Morgan fingerprint density at radius 1 is 1.11 bits per heavy atom. The van der Waals surface area contributed by atoms with Gasteiger partial charge in [-0.3, -0.25) is 28.3 Å². The van der Waals surface area contributed by atoms with Gasteiger partial charge in [0, 0.05) is 20.0 Å². The average molecular weight is 380 g/mol. The molecule has 0 radical (unpaired) electrons. The minimum atomic E-state index is -0.859. The van der Waals surface area contributed by atoms with Crippen molar-refractivity contribution in [1.82, 2.24) is 14.5 Å². The molecule has 1 amide bonds. The fourth-order valence-corrected chi connectivity index (χ4v) is 3.06. The number of nitrogen functional groups attached to an aromatic ring is 1. The Morgan fingerprint density at radius 3 is 2.37 bits per heavy atom. The van der Waals surface area contributed by atoms with Gasteiger partial charge in [0.15, 0.2) is 6.61 Å². The number of nitrogens with one attached hydrogen (secondary N) is 1. The molecule has 10 heteroatoms. The molecule has 10 nitrogen and oxygen atoms in total. The van der Waals surface area contributed by atoms with Gasteiger partial charge < -0.3 is 15.8 Å². The molecule has 27 heavy (non-hydrogen) atoms. The minimum Gasteiger partial charge on any atom is -0.456 e. The Balaban J connectivity index is 1.92. The van der Waals surface area contributed by atoms with E-state index in [0.29, 0.717) is 0 Å². The third kappa shape index (κ3) is 4.63. The van der Waals surface area contributed by atoms with Crippen LogP contribution in [0.15, 0.2) is 9.59 Å². The highest BCUT2D eigenvalue weighted by molar-refractivity contribution is 6.01. The first kappa shape index (κ1) is 20.4. The van der Waals surface area contributed by atoms with Gasteiger partial charge in [0.25, 0.3) is 5.56 Å². The Labute approximate surface area is 155 Å². The van der Waals surface area contributed by atoms with E-state index in [1.54, 1.807) is 0 Å². The molecule has 1 aromatic rings. The summed E-state index contributed by atoms with van der Waals surface area (Å²) in [6.45, 7) is -1.07. The summed E-state index contributed by atoms with van der Waals surface area (Å²) in [6.07, 6.45) is 4.70. The molecule has 2 rings (SSSR count). The molecule has 1 heterocycles. The number of hydrogen-bond acceptors (Lipinski definition) is 7. The highest BCUT2D eigenvalue weighted by Crippen LogP contribution is 2.23. The highest BCUT2D eigenvalue weighted by atomic mass is 16.5. The molecule has 0 saturated heterocycles. The Morgan fingerprint density at radius 2 is 1.74 bits per heavy atom. The number of esters is 1. The Kier molecular flexibility index (Phi) is 6.54. The third-order valence-electron chi connectivity index (χ3n) is 4.74. The lowest BCUT2D eigenvalue weighted by Crippen LogP contribution is -2.42. The number of ether oxygens (including phenoxy) is 1. The second-order valence-electron chi connectivity index (χ2n) is 6.60. The number of carbonyl (C=O) groups excluding carboxylic acids is 3. The molecule has 1 fully saturated rings. The van der Waals surface area contributed by atoms with Crippen molar-refractivity contribution in [1.29, 1.82) is 0 Å². The normalized spacial score (nSPS) is 14.6. The summed E-state index contributed by atoms with van der Waals surface area (Å²) in [7, 11) is 2.54. The summed E-state index contributed by atoms with van der Waals surface area (Å²) < 4.78 is 6.53. The molecular formula is C17H24N4O6. The number of hydrogen-bond donors (Lipinski definition) is 2. The van der Waals surface area contributed by atoms with Crippen molar-refractivity contribution in [2.45, 2.75) is 32.1 Å². The van der Waals surface area contributed by atoms with Crippen molar-refractivity contribution in [3.05, 3.63) is 26.4 Å². The van der Waals surface area contributed by atoms with Crippen molar-refractivity contribution in [2.75, 3.05) is 18.9 Å². The number of ketones is 1. The van der Waals surface area contributed by atoms with E-state index in [2.05, 4.69) is 5.32 Å². The molecule has 1 aromatic heterocycles. The van der Waals surface area contributed by atoms with E-state index >= 15 is 0 Å². The number of carbonyl (C=O) groups is 3. The fourth-order valence-electron chi connectivity index (χ4n) is 3.06. The van der Waals surface area contributed by atoms with Gasteiger partial charge in [0.05, 0.1) is 0 Å². The second-order valence-corrected chi connectivity index (χ2v) is 6.60. The molecule has 0 atom stereocenters. The summed E-state index contributed by atoms with van der Waals surface area (Å²) >= 11 is 0. The van der Waals surface area contributed by atoms with Gasteiger partial charge in [0.2, 0.25) is 11.7 Å². The van der Waals surface area contributed by atoms with E-state index in [4.69, 9.17) is 10.5 Å². The fraction of sp³-hybridized carbons (Fsp3) is 0.588. The standard InChI is InChI=1S/C17H24N4O6/c1-20-14(18)13(16(25)21(2)17(20)26)11(22)9-27-12(23)8-19-15(24)10-6-4-3-5-7-10/h10H,3-9,18H2,1-2H3,(H,19,24). The molecule has 1 aliphatic rings. The van der Waals surface area contributed by atoms with Crippen molar-refractivity contribution >= 4 is 23.5 Å². The average Bonchev–Trinajstić information content (AvgIpc) is 2.68. The topological polar surface area (TPSA) is 142 Å². The van der Waals surface area contributed by atoms with Crippen LogP contribution in [0.25, 0.3) is 0 Å². The van der Waals surface area contributed by atoms with Crippen LogP contribution in [0.2, 0.25) is 0 Å². The number of rotatable bonds is 6. The van der Waals surface area contributed by atoms with E-state index in [9.17, 15) is 24.0 Å². The zero-order chi connectivity index (χ0) is 20.1. The zero-order valence-corrected chi connectivity index (χ0v) is 15.4. The zero-order valence-electron chi connectivity index (χ0n) is 15.4. The number of Topliss-reactive ketones (excluding diaryl/α,β-unsaturated/α-hetero) is 1. The largest absolute Gasteiger partial charge is 0.456 e. The monoisotopic (exact) mass is 380 g/mol. The van der Waals surface area contributed by atoms with Gasteiger partial charge in [0.1, 0.15) is 17.9 Å². The molecule has 0 spiro atoms. The quantitative estimate of drug-likeness (QED) is 0.480. The summed E-state index contributed by atoms with van der Waals surface area (Å²) in [6, 6.07) is 0. The van der Waals surface area contributed by atoms with Crippen LogP contribution in [0.1, 0.15) is 42.5 Å². The van der Waals surface area contributed by atoms with Crippen LogP contribution in [0, 0.1) is 5.92 Å². The minimum absolute atomic E-state index is 0.0957. The number of aromatic nitrogens is 2. The number of anilines is 1. The molecule has 0 bridgehead atoms. The summed E-state index contributed by atoms with van der Waals surface area (Å²) in [4.78, 5) is 59.8. The lowest BCUT2D eigenvalue weighted by Gasteiger charge is -2.20. The van der Waals surface area contributed by atoms with Gasteiger partial charge in [-0.25, -0.2) is 4.79 Å². The van der Waals surface area contributed by atoms with Gasteiger partial charge in [-0.15, -0.1) is 0 Å². The van der Waals surface area contributed by atoms with E-state index in [1.807, 2.05) is 0 Å². The van der Waals surface area contributed by atoms with Crippen molar-refractivity contribution in [3.8, 4) is 0 Å². The summed E-state index contributed by atoms with van der Waals surface area (Å²) in [5.41, 5.74) is 3.73. The number of amides is 1. The summed E-state index contributed by atoms with van der Waals surface area (Å²) in [5.74, 6) is -2.21. The molecule has 1 aliphatic carbocycles. The molecule has 148 valence electrons. The van der Waals surface area contributed by atoms with Crippen LogP contribution in [-0.2, 0) is 28.4 Å². The van der Waals surface area contributed by atoms with Crippen LogP contribution >= 0.6 is 0 Å². The maximum Gasteiger partial charge on any atom is 0.332 e. The predicted molar refractivity (Wildman–Crippen MR) is 96.2 cm³/mol. The SMILES string of the molecule is Cn1c(N)c(C(=O)COC(=O)CNC(=O)C2CCCCC2)c(=O)n(C)c1=O. The first-order valence-corrected chi connectivity index (χ1v) is 8.76. The number of nitrogens with two attached hydrogens (primary N) is 1. The van der Waals surface area contributed by atoms with E-state index in [-0.39, 0.29) is 24.2 Å². The van der Waals surface area contributed by atoms with Crippen LogP contribution < -0.4 is 22.3 Å². The molecular weight excluding hydrogens is 356 g/mol. The lowest BCUT2D eigenvalue weighted by atomic mass is 9.89. The predicted octanol–water partition coefficient (Wildman–Crippen LogP) is -0.911. The van der Waals surface area contributed by atoms with E-state index < -0.39 is 35.2 Å². The third-order valence-corrected chi connectivity index (χ3v) is 4.74. The Bertz CT molecular complexity index is 863. The maximum absolute atomic E-state index is 12.2. The first-order valence-electron chi connectivity index (χ1n) is 8.76. The molecule has 0 aliphatic heterocycles. The molecule has 0 unspecified atom stereocenters. The van der Waals surface area contributed by atoms with E-state index in [0.717, 1.165) is 41.2 Å². The van der Waals surface area contributed by atoms with E-state index in [1.165, 1.54) is 14.1 Å². The van der Waals surface area contributed by atoms with Crippen LogP contribution in [-0.4, -0.2) is 39.9 Å². The van der Waals surface area contributed by atoms with Crippen LogP contribution in [0.3, 0.4) is 0 Å². The van der Waals surface area contributed by atoms with Gasteiger partial charge in [-0.2, -0.15) is 0 Å². The lowest BCUT2D eigenvalue weighted by molar-refractivity contribution is -0.143. The smallest absolute Gasteiger partial charge is 0.332 e. The van der Waals surface area contributed by atoms with Crippen molar-refractivity contribution < 1.29 is 19.1 Å². The molecule has 1 saturated carbocycles. The molecule has 3 N–H and O–H groups in total. The number of nitrogens with zero attached hydrogens (tertiary/aromatic N) is 2. The van der Waals surface area contributed by atoms with Gasteiger partial charge in [-0.05, 0) is 12.8 Å². The second kappa shape index (κ2) is 8.65. The van der Waals surface area contributed by atoms with Gasteiger partial charge in [-0.1, -0.05) is 19.3 Å². The summed E-state index contributed by atoms with van der Waals surface area (Å²) in [5, 5.41) is 2.50. The highest BCUT2D eigenvalue weighted by Gasteiger charge is 2.23. The molecule has 0 aromatic carbocycles. The van der Waals surface area contributed by atoms with Crippen molar-refractivity contribution in [3.63, 3.8) is 0 Å².